The highest BCUT2D eigenvalue weighted by Crippen LogP contribution is 2.37. The zero-order valence-corrected chi connectivity index (χ0v) is 13.4. The molecule has 0 radical (unpaired) electrons. The molecule has 0 aliphatic heterocycles. The lowest BCUT2D eigenvalue weighted by Gasteiger charge is -2.16. The van der Waals surface area contributed by atoms with E-state index in [2.05, 4.69) is 19.9 Å². The van der Waals surface area contributed by atoms with Crippen LogP contribution in [-0.4, -0.2) is 5.78 Å². The van der Waals surface area contributed by atoms with Gasteiger partial charge >= 0.3 is 0 Å². The third-order valence-electron chi connectivity index (χ3n) is 2.56. The number of ketones is 1. The van der Waals surface area contributed by atoms with Crippen molar-refractivity contribution in [3.8, 4) is 0 Å². The third-order valence-corrected chi connectivity index (χ3v) is 2.56. The Balaban J connectivity index is 0. The summed E-state index contributed by atoms with van der Waals surface area (Å²) in [6, 6.07) is 7.91. The standard InChI is InChI=1S/C11H12O.3C2H6/c1-11(2)7-10(12)8-5-3-4-6-9(8)11;3*1-2/h3-6H,7H2,1-2H3;3*1-2H3. The second-order valence-corrected chi connectivity index (χ2v) is 4.03. The fourth-order valence-electron chi connectivity index (χ4n) is 1.91. The Bertz CT molecular complexity index is 337. The number of Topliss-reactive ketones (excluding diaryl/α,β-unsaturated/α-hetero) is 1. The van der Waals surface area contributed by atoms with Crippen LogP contribution in [0.2, 0.25) is 0 Å². The minimum Gasteiger partial charge on any atom is -0.294 e. The van der Waals surface area contributed by atoms with Gasteiger partial charge in [0.2, 0.25) is 0 Å². The van der Waals surface area contributed by atoms with Crippen molar-refractivity contribution in [3.63, 3.8) is 0 Å². The number of benzene rings is 1. The van der Waals surface area contributed by atoms with Crippen LogP contribution < -0.4 is 0 Å². The first-order chi connectivity index (χ1) is 8.61. The van der Waals surface area contributed by atoms with Gasteiger partial charge in [0.05, 0.1) is 0 Å². The molecule has 0 heterocycles. The summed E-state index contributed by atoms with van der Waals surface area (Å²) in [4.78, 5) is 11.5. The molecule has 0 spiro atoms. The number of carbonyl (C=O) groups excluding carboxylic acids is 1. The van der Waals surface area contributed by atoms with Gasteiger partial charge in [0, 0.05) is 12.0 Å². The van der Waals surface area contributed by atoms with Gasteiger partial charge < -0.3 is 0 Å². The number of hydrogen-bond donors (Lipinski definition) is 0. The molecular formula is C17H30O. The lowest BCUT2D eigenvalue weighted by Crippen LogP contribution is -2.12. The normalized spacial score (nSPS) is 13.9. The highest BCUT2D eigenvalue weighted by molar-refractivity contribution is 6.01. The van der Waals surface area contributed by atoms with Gasteiger partial charge in [-0.25, -0.2) is 0 Å². The molecular weight excluding hydrogens is 220 g/mol. The lowest BCUT2D eigenvalue weighted by molar-refractivity contribution is 0.0979. The van der Waals surface area contributed by atoms with E-state index in [1.54, 1.807) is 0 Å². The summed E-state index contributed by atoms with van der Waals surface area (Å²) in [5, 5.41) is 0. The Morgan fingerprint density at radius 3 is 1.78 bits per heavy atom. The first-order valence-corrected chi connectivity index (χ1v) is 7.24. The lowest BCUT2D eigenvalue weighted by atomic mass is 9.87. The monoisotopic (exact) mass is 250 g/mol. The minimum absolute atomic E-state index is 0.0493. The van der Waals surface area contributed by atoms with Gasteiger partial charge in [0.25, 0.3) is 0 Å². The molecule has 0 aromatic heterocycles. The number of carbonyl (C=O) groups is 1. The SMILES string of the molecule is CC.CC.CC.CC1(C)CC(=O)c2ccccc21. The van der Waals surface area contributed by atoms with Crippen molar-refractivity contribution in [3.05, 3.63) is 35.4 Å². The van der Waals surface area contributed by atoms with Gasteiger partial charge in [-0.05, 0) is 11.0 Å². The van der Waals surface area contributed by atoms with Crippen LogP contribution in [0.15, 0.2) is 24.3 Å². The van der Waals surface area contributed by atoms with Crippen LogP contribution in [0.3, 0.4) is 0 Å². The first kappa shape index (κ1) is 19.2. The highest BCUT2D eigenvalue weighted by Gasteiger charge is 2.34. The molecule has 0 atom stereocenters. The molecule has 1 heteroatoms. The van der Waals surface area contributed by atoms with Crippen LogP contribution in [0.25, 0.3) is 0 Å². The van der Waals surface area contributed by atoms with E-state index in [4.69, 9.17) is 0 Å². The predicted octanol–water partition coefficient (Wildman–Crippen LogP) is 5.63. The van der Waals surface area contributed by atoms with Crippen LogP contribution >= 0.6 is 0 Å². The summed E-state index contributed by atoms with van der Waals surface area (Å²) in [6.45, 7) is 16.2. The van der Waals surface area contributed by atoms with Crippen molar-refractivity contribution in [1.82, 2.24) is 0 Å². The van der Waals surface area contributed by atoms with E-state index in [-0.39, 0.29) is 11.2 Å². The molecule has 18 heavy (non-hydrogen) atoms. The zero-order chi connectivity index (χ0) is 14.8. The van der Waals surface area contributed by atoms with Crippen molar-refractivity contribution in [2.45, 2.75) is 67.2 Å². The number of hydrogen-bond acceptors (Lipinski definition) is 1. The van der Waals surface area contributed by atoms with Crippen LogP contribution in [-0.2, 0) is 5.41 Å². The molecule has 0 saturated heterocycles. The van der Waals surface area contributed by atoms with Gasteiger partial charge in [-0.1, -0.05) is 79.7 Å². The third kappa shape index (κ3) is 4.64. The van der Waals surface area contributed by atoms with Crippen LogP contribution in [0.4, 0.5) is 0 Å². The second kappa shape index (κ2) is 9.87. The van der Waals surface area contributed by atoms with Crippen molar-refractivity contribution in [2.24, 2.45) is 0 Å². The molecule has 0 unspecified atom stereocenters. The minimum atomic E-state index is 0.0493. The molecule has 0 amide bonds. The maximum atomic E-state index is 11.5. The van der Waals surface area contributed by atoms with Crippen molar-refractivity contribution >= 4 is 5.78 Å². The summed E-state index contributed by atoms with van der Waals surface area (Å²) in [5.74, 6) is 0.288. The molecule has 0 fully saturated rings. The van der Waals surface area contributed by atoms with Gasteiger partial charge in [-0.2, -0.15) is 0 Å². The van der Waals surface area contributed by atoms with Crippen molar-refractivity contribution < 1.29 is 4.79 Å². The highest BCUT2D eigenvalue weighted by atomic mass is 16.1. The summed E-state index contributed by atoms with van der Waals surface area (Å²) in [7, 11) is 0. The second-order valence-electron chi connectivity index (χ2n) is 4.03. The average molecular weight is 250 g/mol. The molecule has 0 N–H and O–H groups in total. The quantitative estimate of drug-likeness (QED) is 0.583. The zero-order valence-electron chi connectivity index (χ0n) is 13.4. The molecule has 2 rings (SSSR count). The van der Waals surface area contributed by atoms with E-state index < -0.39 is 0 Å². The van der Waals surface area contributed by atoms with Gasteiger partial charge in [-0.15, -0.1) is 0 Å². The topological polar surface area (TPSA) is 17.1 Å². The van der Waals surface area contributed by atoms with E-state index in [0.717, 1.165) is 5.56 Å². The summed E-state index contributed by atoms with van der Waals surface area (Å²) < 4.78 is 0. The number of fused-ring (bicyclic) bond motifs is 1. The molecule has 1 aliphatic rings. The van der Waals surface area contributed by atoms with Gasteiger partial charge in [-0.3, -0.25) is 4.79 Å². The molecule has 1 nitrogen and oxygen atoms in total. The Morgan fingerprint density at radius 1 is 0.889 bits per heavy atom. The van der Waals surface area contributed by atoms with E-state index in [1.165, 1.54) is 5.56 Å². The Hall–Kier alpha value is -1.11. The fraction of sp³-hybridized carbons (Fsp3) is 0.588. The Kier molecular flexibility index (Phi) is 10.6. The van der Waals surface area contributed by atoms with Crippen LogP contribution in [0.5, 0.6) is 0 Å². The van der Waals surface area contributed by atoms with Crippen LogP contribution in [0, 0.1) is 0 Å². The Morgan fingerprint density at radius 2 is 1.33 bits per heavy atom. The van der Waals surface area contributed by atoms with E-state index in [9.17, 15) is 4.79 Å². The van der Waals surface area contributed by atoms with Crippen molar-refractivity contribution in [1.29, 1.82) is 0 Å². The first-order valence-electron chi connectivity index (χ1n) is 7.24. The maximum absolute atomic E-state index is 11.5. The van der Waals surface area contributed by atoms with Gasteiger partial charge in [0.15, 0.2) is 5.78 Å². The summed E-state index contributed by atoms with van der Waals surface area (Å²) in [5.41, 5.74) is 2.17. The van der Waals surface area contributed by atoms with E-state index >= 15 is 0 Å². The maximum Gasteiger partial charge on any atom is 0.164 e. The molecule has 1 aliphatic carbocycles. The summed E-state index contributed by atoms with van der Waals surface area (Å²) in [6.07, 6.45) is 0.659. The Labute approximate surface area is 114 Å². The average Bonchev–Trinajstić information content (AvgIpc) is 2.68. The number of rotatable bonds is 0. The molecule has 1 aromatic carbocycles. The summed E-state index contributed by atoms with van der Waals surface area (Å²) >= 11 is 0. The van der Waals surface area contributed by atoms with Crippen LogP contribution in [0.1, 0.15) is 77.7 Å². The predicted molar refractivity (Wildman–Crippen MR) is 82.5 cm³/mol. The molecule has 1 aromatic rings. The van der Waals surface area contributed by atoms with Crippen molar-refractivity contribution in [2.75, 3.05) is 0 Å². The largest absolute Gasteiger partial charge is 0.294 e. The van der Waals surface area contributed by atoms with E-state index in [1.807, 2.05) is 59.7 Å². The smallest absolute Gasteiger partial charge is 0.164 e. The van der Waals surface area contributed by atoms with E-state index in [0.29, 0.717) is 6.42 Å². The molecule has 0 saturated carbocycles. The fourth-order valence-corrected chi connectivity index (χ4v) is 1.91. The molecule has 0 bridgehead atoms. The van der Waals surface area contributed by atoms with Gasteiger partial charge in [0.1, 0.15) is 0 Å². The molecule has 104 valence electrons.